The molecule has 5 heteroatoms. The van der Waals surface area contributed by atoms with Crippen LogP contribution in [0.15, 0.2) is 60.7 Å². The van der Waals surface area contributed by atoms with Gasteiger partial charge in [-0.25, -0.2) is 4.98 Å². The molecule has 0 aliphatic heterocycles. The van der Waals surface area contributed by atoms with Crippen LogP contribution in [0.25, 0.3) is 11.4 Å². The fraction of sp³-hybridized carbons (Fsp3) is 0.118. The maximum absolute atomic E-state index is 11.9. The fourth-order valence-corrected chi connectivity index (χ4v) is 2.11. The number of amides is 1. The van der Waals surface area contributed by atoms with E-state index in [0.29, 0.717) is 24.4 Å². The average molecular weight is 292 g/mol. The van der Waals surface area contributed by atoms with E-state index in [9.17, 15) is 4.79 Å². The van der Waals surface area contributed by atoms with E-state index in [2.05, 4.69) is 20.5 Å². The number of benzene rings is 2. The van der Waals surface area contributed by atoms with Crippen LogP contribution in [0.2, 0.25) is 0 Å². The normalized spacial score (nSPS) is 10.4. The minimum atomic E-state index is -0.0802. The van der Waals surface area contributed by atoms with Crippen molar-refractivity contribution < 1.29 is 4.79 Å². The van der Waals surface area contributed by atoms with E-state index in [-0.39, 0.29) is 5.91 Å². The zero-order valence-electron chi connectivity index (χ0n) is 12.0. The molecule has 3 aromatic rings. The van der Waals surface area contributed by atoms with Crippen LogP contribution < -0.4 is 5.32 Å². The molecule has 2 N–H and O–H groups in total. The summed E-state index contributed by atoms with van der Waals surface area (Å²) in [5.74, 6) is 1.35. The lowest BCUT2D eigenvalue weighted by molar-refractivity contribution is 0.0954. The van der Waals surface area contributed by atoms with Gasteiger partial charge in [-0.2, -0.15) is 5.10 Å². The monoisotopic (exact) mass is 292 g/mol. The Hall–Kier alpha value is -2.95. The summed E-state index contributed by atoms with van der Waals surface area (Å²) in [6, 6.07) is 18.9. The molecule has 0 spiro atoms. The maximum Gasteiger partial charge on any atom is 0.251 e. The largest absolute Gasteiger partial charge is 0.352 e. The predicted octanol–water partition coefficient (Wildman–Crippen LogP) is 2.44. The molecule has 0 unspecified atom stereocenters. The Morgan fingerprint density at radius 3 is 2.41 bits per heavy atom. The van der Waals surface area contributed by atoms with E-state index in [0.717, 1.165) is 11.4 Å². The number of hydrogen-bond acceptors (Lipinski definition) is 3. The lowest BCUT2D eigenvalue weighted by atomic mass is 10.2. The molecule has 0 aliphatic rings. The van der Waals surface area contributed by atoms with Crippen molar-refractivity contribution >= 4 is 5.91 Å². The van der Waals surface area contributed by atoms with Crippen LogP contribution in [0.4, 0.5) is 0 Å². The SMILES string of the molecule is O=C(NCCc1nc(-c2ccccc2)n[nH]1)c1ccccc1. The summed E-state index contributed by atoms with van der Waals surface area (Å²) in [5.41, 5.74) is 1.63. The van der Waals surface area contributed by atoms with Crippen LogP contribution >= 0.6 is 0 Å². The Morgan fingerprint density at radius 2 is 1.68 bits per heavy atom. The van der Waals surface area contributed by atoms with Crippen LogP contribution in [-0.2, 0) is 6.42 Å². The predicted molar refractivity (Wildman–Crippen MR) is 84.3 cm³/mol. The molecule has 1 amide bonds. The molecule has 0 radical (unpaired) electrons. The number of H-pyrrole nitrogens is 1. The second-order valence-corrected chi connectivity index (χ2v) is 4.84. The molecular formula is C17H16N4O. The Balaban J connectivity index is 1.55. The van der Waals surface area contributed by atoms with Crippen molar-refractivity contribution in [3.8, 4) is 11.4 Å². The highest BCUT2D eigenvalue weighted by Gasteiger charge is 2.07. The highest BCUT2D eigenvalue weighted by atomic mass is 16.1. The molecular weight excluding hydrogens is 276 g/mol. The van der Waals surface area contributed by atoms with Gasteiger partial charge in [-0.1, -0.05) is 48.5 Å². The summed E-state index contributed by atoms with van der Waals surface area (Å²) in [5, 5.41) is 9.97. The van der Waals surface area contributed by atoms with Gasteiger partial charge in [0.2, 0.25) is 0 Å². The zero-order chi connectivity index (χ0) is 15.2. The number of nitrogens with one attached hydrogen (secondary N) is 2. The van der Waals surface area contributed by atoms with E-state index in [1.165, 1.54) is 0 Å². The molecule has 1 heterocycles. The van der Waals surface area contributed by atoms with Gasteiger partial charge in [-0.15, -0.1) is 0 Å². The van der Waals surface area contributed by atoms with E-state index >= 15 is 0 Å². The minimum absolute atomic E-state index is 0.0802. The molecule has 0 bridgehead atoms. The Bertz CT molecular complexity index is 738. The molecule has 3 rings (SSSR count). The standard InChI is InChI=1S/C17H16N4O/c22-17(14-9-5-2-6-10-14)18-12-11-15-19-16(21-20-15)13-7-3-1-4-8-13/h1-10H,11-12H2,(H,18,22)(H,19,20,21). The smallest absolute Gasteiger partial charge is 0.251 e. The van der Waals surface area contributed by atoms with Crippen LogP contribution in [0, 0.1) is 0 Å². The highest BCUT2D eigenvalue weighted by molar-refractivity contribution is 5.94. The zero-order valence-corrected chi connectivity index (χ0v) is 12.0. The number of rotatable bonds is 5. The number of aromatic amines is 1. The second-order valence-electron chi connectivity index (χ2n) is 4.84. The number of nitrogens with zero attached hydrogens (tertiary/aromatic N) is 2. The van der Waals surface area contributed by atoms with Crippen molar-refractivity contribution in [1.82, 2.24) is 20.5 Å². The van der Waals surface area contributed by atoms with Gasteiger partial charge < -0.3 is 5.32 Å². The Labute approximate surface area is 128 Å². The van der Waals surface area contributed by atoms with Gasteiger partial charge in [0, 0.05) is 24.1 Å². The summed E-state index contributed by atoms with van der Waals surface area (Å²) >= 11 is 0. The molecule has 0 saturated carbocycles. The van der Waals surface area contributed by atoms with E-state index in [4.69, 9.17) is 0 Å². The van der Waals surface area contributed by atoms with Crippen molar-refractivity contribution in [2.24, 2.45) is 0 Å². The summed E-state index contributed by atoms with van der Waals surface area (Å²) in [6.07, 6.45) is 0.610. The maximum atomic E-state index is 11.9. The van der Waals surface area contributed by atoms with Crippen LogP contribution in [0.3, 0.4) is 0 Å². The van der Waals surface area contributed by atoms with Crippen LogP contribution in [0.1, 0.15) is 16.2 Å². The van der Waals surface area contributed by atoms with Gasteiger partial charge in [0.05, 0.1) is 0 Å². The van der Waals surface area contributed by atoms with Crippen LogP contribution in [-0.4, -0.2) is 27.6 Å². The molecule has 110 valence electrons. The first kappa shape index (κ1) is 14.0. The quantitative estimate of drug-likeness (QED) is 0.759. The third-order valence-electron chi connectivity index (χ3n) is 3.25. The van der Waals surface area contributed by atoms with Gasteiger partial charge in [0.25, 0.3) is 5.91 Å². The van der Waals surface area contributed by atoms with Crippen LogP contribution in [0.5, 0.6) is 0 Å². The average Bonchev–Trinajstić information content (AvgIpc) is 3.05. The van der Waals surface area contributed by atoms with Crippen molar-refractivity contribution in [3.05, 3.63) is 72.1 Å². The molecule has 2 aromatic carbocycles. The molecule has 22 heavy (non-hydrogen) atoms. The summed E-state index contributed by atoms with van der Waals surface area (Å²) < 4.78 is 0. The van der Waals surface area contributed by atoms with Crippen molar-refractivity contribution in [2.75, 3.05) is 6.54 Å². The van der Waals surface area contributed by atoms with Gasteiger partial charge >= 0.3 is 0 Å². The second kappa shape index (κ2) is 6.67. The fourth-order valence-electron chi connectivity index (χ4n) is 2.11. The number of carbonyl (C=O) groups excluding carboxylic acids is 1. The van der Waals surface area contributed by atoms with Gasteiger partial charge in [0.1, 0.15) is 5.82 Å². The summed E-state index contributed by atoms with van der Waals surface area (Å²) in [4.78, 5) is 16.3. The van der Waals surface area contributed by atoms with Gasteiger partial charge in [0.15, 0.2) is 5.82 Å². The summed E-state index contributed by atoms with van der Waals surface area (Å²) in [6.45, 7) is 0.511. The van der Waals surface area contributed by atoms with E-state index in [1.807, 2.05) is 48.5 Å². The van der Waals surface area contributed by atoms with Gasteiger partial charge in [-0.05, 0) is 12.1 Å². The lowest BCUT2D eigenvalue weighted by Crippen LogP contribution is -2.25. The number of carbonyl (C=O) groups is 1. The lowest BCUT2D eigenvalue weighted by Gasteiger charge is -2.03. The molecule has 1 aromatic heterocycles. The molecule has 5 nitrogen and oxygen atoms in total. The number of aromatic nitrogens is 3. The molecule has 0 aliphatic carbocycles. The molecule has 0 atom stereocenters. The van der Waals surface area contributed by atoms with Crippen molar-refractivity contribution in [1.29, 1.82) is 0 Å². The Morgan fingerprint density at radius 1 is 1.00 bits per heavy atom. The van der Waals surface area contributed by atoms with E-state index in [1.54, 1.807) is 12.1 Å². The first-order chi connectivity index (χ1) is 10.8. The number of hydrogen-bond donors (Lipinski definition) is 2. The molecule has 0 saturated heterocycles. The summed E-state index contributed by atoms with van der Waals surface area (Å²) in [7, 11) is 0. The highest BCUT2D eigenvalue weighted by Crippen LogP contribution is 2.13. The Kier molecular flexibility index (Phi) is 4.25. The first-order valence-electron chi connectivity index (χ1n) is 7.13. The first-order valence-corrected chi connectivity index (χ1v) is 7.13. The van der Waals surface area contributed by atoms with Crippen molar-refractivity contribution in [2.45, 2.75) is 6.42 Å². The van der Waals surface area contributed by atoms with E-state index < -0.39 is 0 Å². The topological polar surface area (TPSA) is 70.7 Å². The minimum Gasteiger partial charge on any atom is -0.352 e. The molecule has 0 fully saturated rings. The third-order valence-corrected chi connectivity index (χ3v) is 3.25. The van der Waals surface area contributed by atoms with Crippen molar-refractivity contribution in [3.63, 3.8) is 0 Å². The third kappa shape index (κ3) is 3.38. The van der Waals surface area contributed by atoms with Gasteiger partial charge in [-0.3, -0.25) is 9.89 Å².